The Balaban J connectivity index is 1.23. The Hall–Kier alpha value is -1.27. The summed E-state index contributed by atoms with van der Waals surface area (Å²) in [6.45, 7) is 7.94. The van der Waals surface area contributed by atoms with Gasteiger partial charge in [-0.2, -0.15) is 0 Å². The van der Waals surface area contributed by atoms with E-state index in [9.17, 15) is 0 Å². The summed E-state index contributed by atoms with van der Waals surface area (Å²) in [7, 11) is 0. The molecule has 0 saturated carbocycles. The second-order valence-corrected chi connectivity index (χ2v) is 9.26. The third kappa shape index (κ3) is 4.77. The van der Waals surface area contributed by atoms with Crippen molar-refractivity contribution in [2.24, 2.45) is 5.92 Å². The molecule has 0 N–H and O–H groups in total. The molecule has 2 aliphatic rings. The number of nitrogens with zero attached hydrogens (tertiary/aromatic N) is 2. The first-order valence-electron chi connectivity index (χ1n) is 10.1. The van der Waals surface area contributed by atoms with Crippen molar-refractivity contribution >= 4 is 11.3 Å². The van der Waals surface area contributed by atoms with Gasteiger partial charge in [-0.15, -0.1) is 11.3 Å². The van der Waals surface area contributed by atoms with Crippen LogP contribution in [0.4, 0.5) is 0 Å². The fourth-order valence-electron chi connectivity index (χ4n) is 4.52. The summed E-state index contributed by atoms with van der Waals surface area (Å²) >= 11 is 1.92. The molecule has 1 atom stereocenters. The maximum atomic E-state index is 6.32. The van der Waals surface area contributed by atoms with E-state index in [0.29, 0.717) is 12.5 Å². The molecule has 4 nitrogen and oxygen atoms in total. The molecule has 4 rings (SSSR count). The molecule has 2 aromatic heterocycles. The molecule has 2 fully saturated rings. The molecule has 0 aromatic carbocycles. The third-order valence-corrected chi connectivity index (χ3v) is 7.07. The monoisotopic (exact) mass is 386 g/mol. The molecule has 1 unspecified atom stereocenters. The van der Waals surface area contributed by atoms with Crippen LogP contribution in [-0.2, 0) is 22.6 Å². The maximum Gasteiger partial charge on any atom is 0.0736 e. The van der Waals surface area contributed by atoms with E-state index >= 15 is 0 Å². The number of pyridine rings is 1. The van der Waals surface area contributed by atoms with Gasteiger partial charge in [-0.1, -0.05) is 6.07 Å². The lowest BCUT2D eigenvalue weighted by Gasteiger charge is -2.42. The average Bonchev–Trinajstić information content (AvgIpc) is 3.28. The van der Waals surface area contributed by atoms with E-state index in [1.165, 1.54) is 16.2 Å². The van der Waals surface area contributed by atoms with E-state index in [2.05, 4.69) is 35.0 Å². The van der Waals surface area contributed by atoms with Crippen LogP contribution >= 0.6 is 11.3 Å². The molecule has 0 aliphatic carbocycles. The first-order chi connectivity index (χ1) is 13.2. The number of thiophene rings is 1. The van der Waals surface area contributed by atoms with Crippen molar-refractivity contribution < 1.29 is 9.47 Å². The van der Waals surface area contributed by atoms with E-state index in [4.69, 9.17) is 9.47 Å². The lowest BCUT2D eigenvalue weighted by molar-refractivity contribution is -0.0732. The topological polar surface area (TPSA) is 34.6 Å². The summed E-state index contributed by atoms with van der Waals surface area (Å²) in [5.41, 5.74) is 1.24. The Morgan fingerprint density at radius 3 is 2.93 bits per heavy atom. The normalized spacial score (nSPS) is 22.5. The predicted octanol–water partition coefficient (Wildman–Crippen LogP) is 4.43. The summed E-state index contributed by atoms with van der Waals surface area (Å²) in [5.74, 6) is 0.637. The fourth-order valence-corrected chi connectivity index (χ4v) is 5.46. The Morgan fingerprint density at radius 1 is 1.30 bits per heavy atom. The molecule has 2 saturated heterocycles. The Bertz CT molecular complexity index is 710. The zero-order valence-electron chi connectivity index (χ0n) is 16.2. The third-order valence-electron chi connectivity index (χ3n) is 6.08. The first-order valence-corrected chi connectivity index (χ1v) is 10.9. The van der Waals surface area contributed by atoms with Gasteiger partial charge in [0.05, 0.1) is 12.2 Å². The Morgan fingerprint density at radius 2 is 2.19 bits per heavy atom. The van der Waals surface area contributed by atoms with E-state index in [1.807, 2.05) is 23.6 Å². The van der Waals surface area contributed by atoms with Gasteiger partial charge < -0.3 is 9.47 Å². The standard InChI is InChI=1S/C22H30N2O2S/c1-18-4-5-21(27-18)16-24-11-8-22(9-12-24)20(7-14-26-22)6-13-25-17-19-3-2-10-23-15-19/h2-5,10,15,20H,6-9,11-14,16-17H2,1H3. The van der Waals surface area contributed by atoms with Crippen LogP contribution in [0, 0.1) is 12.8 Å². The van der Waals surface area contributed by atoms with Gasteiger partial charge in [0.1, 0.15) is 0 Å². The maximum absolute atomic E-state index is 6.32. The van der Waals surface area contributed by atoms with Crippen molar-refractivity contribution in [2.45, 2.75) is 51.4 Å². The molecule has 4 heterocycles. The number of hydrogen-bond donors (Lipinski definition) is 0. The molecule has 0 amide bonds. The van der Waals surface area contributed by atoms with Crippen molar-refractivity contribution in [1.29, 1.82) is 0 Å². The van der Waals surface area contributed by atoms with Gasteiger partial charge >= 0.3 is 0 Å². The molecule has 0 radical (unpaired) electrons. The van der Waals surface area contributed by atoms with Crippen LogP contribution in [0.2, 0.25) is 0 Å². The van der Waals surface area contributed by atoms with Gasteiger partial charge in [-0.05, 0) is 62.3 Å². The van der Waals surface area contributed by atoms with Gasteiger partial charge in [0, 0.05) is 55.0 Å². The van der Waals surface area contributed by atoms with Crippen molar-refractivity contribution in [3.05, 3.63) is 52.0 Å². The van der Waals surface area contributed by atoms with Crippen molar-refractivity contribution in [1.82, 2.24) is 9.88 Å². The molecule has 1 spiro atoms. The average molecular weight is 387 g/mol. The van der Waals surface area contributed by atoms with Gasteiger partial charge in [0.15, 0.2) is 0 Å². The molecule has 2 aliphatic heterocycles. The number of hydrogen-bond acceptors (Lipinski definition) is 5. The van der Waals surface area contributed by atoms with Gasteiger partial charge in [0.25, 0.3) is 0 Å². The van der Waals surface area contributed by atoms with E-state index < -0.39 is 0 Å². The van der Waals surface area contributed by atoms with Crippen molar-refractivity contribution in [3.63, 3.8) is 0 Å². The van der Waals surface area contributed by atoms with Crippen LogP contribution in [0.15, 0.2) is 36.7 Å². The van der Waals surface area contributed by atoms with Gasteiger partial charge in [-0.25, -0.2) is 0 Å². The summed E-state index contributed by atoms with van der Waals surface area (Å²) in [4.78, 5) is 9.62. The second-order valence-electron chi connectivity index (χ2n) is 7.89. The highest BCUT2D eigenvalue weighted by molar-refractivity contribution is 7.11. The molecule has 5 heteroatoms. The van der Waals surface area contributed by atoms with Crippen LogP contribution in [0.25, 0.3) is 0 Å². The van der Waals surface area contributed by atoms with E-state index in [0.717, 1.165) is 57.7 Å². The number of aryl methyl sites for hydroxylation is 1. The highest BCUT2D eigenvalue weighted by atomic mass is 32.1. The zero-order chi connectivity index (χ0) is 18.5. The zero-order valence-corrected chi connectivity index (χ0v) is 17.0. The fraction of sp³-hybridized carbons (Fsp3) is 0.591. The lowest BCUT2D eigenvalue weighted by Crippen LogP contribution is -2.47. The molecule has 2 aromatic rings. The van der Waals surface area contributed by atoms with Crippen LogP contribution in [0.5, 0.6) is 0 Å². The summed E-state index contributed by atoms with van der Waals surface area (Å²) in [6, 6.07) is 8.54. The summed E-state index contributed by atoms with van der Waals surface area (Å²) in [6.07, 6.45) is 8.28. The summed E-state index contributed by atoms with van der Waals surface area (Å²) in [5, 5.41) is 0. The summed E-state index contributed by atoms with van der Waals surface area (Å²) < 4.78 is 12.2. The lowest BCUT2D eigenvalue weighted by atomic mass is 9.78. The molecular formula is C22H30N2O2S. The van der Waals surface area contributed by atoms with Gasteiger partial charge in [-0.3, -0.25) is 9.88 Å². The second kappa shape index (κ2) is 8.82. The smallest absolute Gasteiger partial charge is 0.0736 e. The quantitative estimate of drug-likeness (QED) is 0.660. The number of likely N-dealkylation sites (tertiary alicyclic amines) is 1. The minimum absolute atomic E-state index is 0.0968. The first kappa shape index (κ1) is 19.1. The van der Waals surface area contributed by atoms with Crippen LogP contribution < -0.4 is 0 Å². The molecule has 0 bridgehead atoms. The number of ether oxygens (including phenoxy) is 2. The largest absolute Gasteiger partial charge is 0.377 e. The minimum atomic E-state index is 0.0968. The van der Waals surface area contributed by atoms with Crippen LogP contribution in [0.1, 0.15) is 41.0 Å². The molecule has 146 valence electrons. The van der Waals surface area contributed by atoms with Crippen molar-refractivity contribution in [2.75, 3.05) is 26.3 Å². The SMILES string of the molecule is Cc1ccc(CN2CCC3(CC2)OCCC3CCOCc2cccnc2)s1. The van der Waals surface area contributed by atoms with Crippen LogP contribution in [0.3, 0.4) is 0 Å². The molecular weight excluding hydrogens is 356 g/mol. The Labute approximate surface area is 166 Å². The number of aromatic nitrogens is 1. The molecule has 27 heavy (non-hydrogen) atoms. The minimum Gasteiger partial charge on any atom is -0.377 e. The van der Waals surface area contributed by atoms with Crippen LogP contribution in [-0.4, -0.2) is 41.8 Å². The number of rotatable bonds is 7. The highest BCUT2D eigenvalue weighted by Gasteiger charge is 2.45. The highest BCUT2D eigenvalue weighted by Crippen LogP contribution is 2.42. The number of piperidine rings is 1. The van der Waals surface area contributed by atoms with Crippen molar-refractivity contribution in [3.8, 4) is 0 Å². The predicted molar refractivity (Wildman–Crippen MR) is 109 cm³/mol. The van der Waals surface area contributed by atoms with E-state index in [1.54, 1.807) is 6.20 Å². The van der Waals surface area contributed by atoms with Gasteiger partial charge in [0.2, 0.25) is 0 Å². The Kier molecular flexibility index (Phi) is 6.23. The van der Waals surface area contributed by atoms with E-state index in [-0.39, 0.29) is 5.60 Å².